The number of nitrogens with zero attached hydrogens (tertiary/aromatic N) is 1. The normalized spacial score (nSPS) is 13.6. The monoisotopic (exact) mass is 427 g/mol. The number of carbonyl (C=O) groups is 1. The maximum Gasteiger partial charge on any atom is 0.321 e. The zero-order valence-electron chi connectivity index (χ0n) is 16.4. The quantitative estimate of drug-likeness (QED) is 0.588. The molecule has 3 aromatic rings. The van der Waals surface area contributed by atoms with Crippen molar-refractivity contribution in [3.8, 4) is 11.5 Å². The molecule has 1 aliphatic rings. The highest BCUT2D eigenvalue weighted by Gasteiger charge is 2.30. The molecule has 0 atom stereocenters. The molecule has 0 bridgehead atoms. The number of hydrogen-bond acceptors (Lipinski definition) is 3. The maximum atomic E-state index is 13.7. The van der Waals surface area contributed by atoms with Gasteiger partial charge in [0.2, 0.25) is 0 Å². The van der Waals surface area contributed by atoms with Gasteiger partial charge in [-0.3, -0.25) is 0 Å². The lowest BCUT2D eigenvalue weighted by atomic mass is 10.1. The van der Waals surface area contributed by atoms with E-state index in [1.54, 1.807) is 29.2 Å². The van der Waals surface area contributed by atoms with Crippen LogP contribution in [0.3, 0.4) is 0 Å². The minimum absolute atomic E-state index is 0.00616. The summed E-state index contributed by atoms with van der Waals surface area (Å²) in [5.74, 6) is -0.458. The predicted molar refractivity (Wildman–Crippen MR) is 110 cm³/mol. The fourth-order valence-electron chi connectivity index (χ4n) is 3.17. The number of anilines is 1. The maximum absolute atomic E-state index is 13.7. The van der Waals surface area contributed by atoms with Gasteiger partial charge in [0.1, 0.15) is 29.0 Å². The van der Waals surface area contributed by atoms with E-state index in [4.69, 9.17) is 4.74 Å². The third kappa shape index (κ3) is 5.16. The van der Waals surface area contributed by atoms with Crippen molar-refractivity contribution >= 4 is 11.7 Å². The van der Waals surface area contributed by atoms with E-state index in [1.165, 1.54) is 42.5 Å². The lowest BCUT2D eigenvalue weighted by molar-refractivity contribution is 0.148. The first kappa shape index (κ1) is 20.7. The molecule has 4 rings (SSSR count). The average molecular weight is 427 g/mol. The first-order valence-corrected chi connectivity index (χ1v) is 9.73. The second-order valence-electron chi connectivity index (χ2n) is 7.19. The summed E-state index contributed by atoms with van der Waals surface area (Å²) in [6.07, 6.45) is 0. The molecule has 2 N–H and O–H groups in total. The Morgan fingerprint density at radius 2 is 1.48 bits per heavy atom. The third-order valence-corrected chi connectivity index (χ3v) is 4.95. The second-order valence-corrected chi connectivity index (χ2v) is 7.19. The van der Waals surface area contributed by atoms with Gasteiger partial charge in [-0.05, 0) is 60.7 Å². The van der Waals surface area contributed by atoms with Crippen molar-refractivity contribution in [1.29, 1.82) is 0 Å². The summed E-state index contributed by atoms with van der Waals surface area (Å²) < 4.78 is 45.9. The highest BCUT2D eigenvalue weighted by Crippen LogP contribution is 2.23. The Bertz CT molecular complexity index is 1030. The summed E-state index contributed by atoms with van der Waals surface area (Å²) >= 11 is 0. The molecule has 0 aliphatic carbocycles. The number of nitrogens with one attached hydrogen (secondary N) is 2. The number of urea groups is 1. The van der Waals surface area contributed by atoms with Crippen LogP contribution in [0.15, 0.2) is 66.7 Å². The average Bonchev–Trinajstić information content (AvgIpc) is 2.72. The molecule has 0 spiro atoms. The van der Waals surface area contributed by atoms with Crippen molar-refractivity contribution in [2.75, 3.05) is 18.4 Å². The van der Waals surface area contributed by atoms with E-state index in [0.717, 1.165) is 0 Å². The number of amides is 2. The number of carbonyl (C=O) groups excluding carboxylic acids is 1. The van der Waals surface area contributed by atoms with E-state index in [-0.39, 0.29) is 30.0 Å². The smallest absolute Gasteiger partial charge is 0.321 e. The molecule has 1 aliphatic heterocycles. The first-order chi connectivity index (χ1) is 15.0. The Hall–Kier alpha value is -3.52. The Balaban J connectivity index is 1.23. The predicted octanol–water partition coefficient (Wildman–Crippen LogP) is 4.90. The topological polar surface area (TPSA) is 53.6 Å². The molecule has 160 valence electrons. The Morgan fingerprint density at radius 3 is 2.10 bits per heavy atom. The largest absolute Gasteiger partial charge is 0.457 e. The summed E-state index contributed by atoms with van der Waals surface area (Å²) in [6.45, 7) is 0.940. The zero-order chi connectivity index (χ0) is 21.8. The standard InChI is InChI=1S/C23H20F3N3O2/c24-15-4-8-18(9-5-15)31-19-10-6-16(7-11-19)28-23(30)29-13-17(14-29)27-12-20-21(25)2-1-3-22(20)26/h1-11,17,27H,12-14H2,(H,28,30). The number of hydrogen-bond donors (Lipinski definition) is 2. The Morgan fingerprint density at radius 1 is 0.903 bits per heavy atom. The fraction of sp³-hybridized carbons (Fsp3) is 0.174. The van der Waals surface area contributed by atoms with Crippen LogP contribution in [0, 0.1) is 17.5 Å². The van der Waals surface area contributed by atoms with Crippen molar-refractivity contribution in [2.45, 2.75) is 12.6 Å². The van der Waals surface area contributed by atoms with Crippen molar-refractivity contribution < 1.29 is 22.7 Å². The Labute approximate surface area is 177 Å². The van der Waals surface area contributed by atoms with Gasteiger partial charge in [0.05, 0.1) is 0 Å². The van der Waals surface area contributed by atoms with E-state index in [9.17, 15) is 18.0 Å². The van der Waals surface area contributed by atoms with E-state index < -0.39 is 11.6 Å². The van der Waals surface area contributed by atoms with Gasteiger partial charge in [0.25, 0.3) is 0 Å². The highest BCUT2D eigenvalue weighted by molar-refractivity contribution is 5.90. The lowest BCUT2D eigenvalue weighted by Crippen LogP contribution is -2.60. The van der Waals surface area contributed by atoms with Gasteiger partial charge < -0.3 is 20.3 Å². The van der Waals surface area contributed by atoms with Gasteiger partial charge in [-0.15, -0.1) is 0 Å². The fourth-order valence-corrected chi connectivity index (χ4v) is 3.17. The summed E-state index contributed by atoms with van der Waals surface area (Å²) in [6, 6.07) is 15.9. The summed E-state index contributed by atoms with van der Waals surface area (Å²) in [4.78, 5) is 13.9. The van der Waals surface area contributed by atoms with Crippen LogP contribution in [0.5, 0.6) is 11.5 Å². The molecule has 8 heteroatoms. The van der Waals surface area contributed by atoms with Gasteiger partial charge in [-0.25, -0.2) is 18.0 Å². The van der Waals surface area contributed by atoms with Crippen LogP contribution in [0.4, 0.5) is 23.7 Å². The molecule has 1 fully saturated rings. The zero-order valence-corrected chi connectivity index (χ0v) is 16.4. The number of ether oxygens (including phenoxy) is 1. The van der Waals surface area contributed by atoms with Crippen LogP contribution in [0.25, 0.3) is 0 Å². The van der Waals surface area contributed by atoms with Crippen LogP contribution >= 0.6 is 0 Å². The van der Waals surface area contributed by atoms with Crippen molar-refractivity contribution in [3.63, 3.8) is 0 Å². The van der Waals surface area contributed by atoms with Crippen molar-refractivity contribution in [3.05, 3.63) is 89.7 Å². The van der Waals surface area contributed by atoms with Gasteiger partial charge in [0.15, 0.2) is 0 Å². The molecule has 0 radical (unpaired) electrons. The molecule has 0 aromatic heterocycles. The minimum Gasteiger partial charge on any atom is -0.457 e. The Kier molecular flexibility index (Phi) is 6.08. The van der Waals surface area contributed by atoms with E-state index >= 15 is 0 Å². The molecular weight excluding hydrogens is 407 g/mol. The summed E-state index contributed by atoms with van der Waals surface area (Å²) in [5.41, 5.74) is 0.592. The van der Waals surface area contributed by atoms with E-state index in [2.05, 4.69) is 10.6 Å². The van der Waals surface area contributed by atoms with Crippen LogP contribution < -0.4 is 15.4 Å². The van der Waals surface area contributed by atoms with Crippen LogP contribution in [-0.4, -0.2) is 30.1 Å². The molecule has 31 heavy (non-hydrogen) atoms. The SMILES string of the molecule is O=C(Nc1ccc(Oc2ccc(F)cc2)cc1)N1CC(NCc2c(F)cccc2F)C1. The number of likely N-dealkylation sites (tertiary alicyclic amines) is 1. The molecule has 2 amide bonds. The number of benzene rings is 3. The van der Waals surface area contributed by atoms with Crippen LogP contribution in [0.2, 0.25) is 0 Å². The van der Waals surface area contributed by atoms with Gasteiger partial charge in [-0.1, -0.05) is 6.07 Å². The molecule has 0 unspecified atom stereocenters. The van der Waals surface area contributed by atoms with Crippen LogP contribution in [0.1, 0.15) is 5.56 Å². The van der Waals surface area contributed by atoms with Gasteiger partial charge in [-0.2, -0.15) is 0 Å². The van der Waals surface area contributed by atoms with E-state index in [0.29, 0.717) is 30.3 Å². The van der Waals surface area contributed by atoms with Crippen molar-refractivity contribution in [2.24, 2.45) is 0 Å². The first-order valence-electron chi connectivity index (χ1n) is 9.73. The molecule has 1 heterocycles. The molecule has 1 saturated heterocycles. The van der Waals surface area contributed by atoms with Gasteiger partial charge in [0, 0.05) is 36.9 Å². The minimum atomic E-state index is -0.590. The molecular formula is C23H20F3N3O2. The lowest BCUT2D eigenvalue weighted by Gasteiger charge is -2.39. The van der Waals surface area contributed by atoms with Gasteiger partial charge >= 0.3 is 6.03 Å². The van der Waals surface area contributed by atoms with Crippen LogP contribution in [-0.2, 0) is 6.54 Å². The summed E-state index contributed by atoms with van der Waals surface area (Å²) in [7, 11) is 0. The summed E-state index contributed by atoms with van der Waals surface area (Å²) in [5, 5.41) is 5.85. The number of rotatable bonds is 6. The highest BCUT2D eigenvalue weighted by atomic mass is 19.1. The molecule has 0 saturated carbocycles. The number of halogens is 3. The third-order valence-electron chi connectivity index (χ3n) is 4.95. The van der Waals surface area contributed by atoms with Crippen molar-refractivity contribution in [1.82, 2.24) is 10.2 Å². The molecule has 3 aromatic carbocycles. The molecule has 5 nitrogen and oxygen atoms in total. The second kappa shape index (κ2) is 9.09. The van der Waals surface area contributed by atoms with E-state index in [1.807, 2.05) is 0 Å².